The van der Waals surface area contributed by atoms with Gasteiger partial charge in [0, 0.05) is 19.3 Å². The number of hydrogen-bond acceptors (Lipinski definition) is 6. The zero-order chi connectivity index (χ0) is 16.8. The van der Waals surface area contributed by atoms with Gasteiger partial charge in [-0.1, -0.05) is 6.08 Å². The van der Waals surface area contributed by atoms with E-state index in [1.54, 1.807) is 19.4 Å². The second kappa shape index (κ2) is 8.05. The molecule has 0 radical (unpaired) electrons. The van der Waals surface area contributed by atoms with E-state index in [-0.39, 0.29) is 18.3 Å². The van der Waals surface area contributed by atoms with E-state index in [1.807, 2.05) is 30.5 Å². The van der Waals surface area contributed by atoms with Gasteiger partial charge in [-0.2, -0.15) is 0 Å². The summed E-state index contributed by atoms with van der Waals surface area (Å²) < 4.78 is 12.6. The number of anilines is 1. The SMILES string of the molecule is C=CC(OCCOC)C(C)NC(C)n1c(N)nc2cccnc21. The van der Waals surface area contributed by atoms with Crippen molar-refractivity contribution < 1.29 is 9.47 Å². The number of nitrogens with zero attached hydrogens (tertiary/aromatic N) is 3. The van der Waals surface area contributed by atoms with Crippen LogP contribution < -0.4 is 11.1 Å². The zero-order valence-corrected chi connectivity index (χ0v) is 13.9. The molecule has 0 aliphatic rings. The topological polar surface area (TPSA) is 87.2 Å². The Bertz CT molecular complexity index is 642. The zero-order valence-electron chi connectivity index (χ0n) is 13.9. The van der Waals surface area contributed by atoms with Crippen molar-refractivity contribution in [1.82, 2.24) is 19.9 Å². The van der Waals surface area contributed by atoms with Gasteiger partial charge in [-0.3, -0.25) is 9.88 Å². The predicted molar refractivity (Wildman–Crippen MR) is 91.1 cm³/mol. The number of rotatable bonds is 9. The van der Waals surface area contributed by atoms with Crippen LogP contribution in [-0.4, -0.2) is 47.0 Å². The average Bonchev–Trinajstić information content (AvgIpc) is 2.87. The number of aromatic nitrogens is 3. The lowest BCUT2D eigenvalue weighted by molar-refractivity contribution is 0.0222. The summed E-state index contributed by atoms with van der Waals surface area (Å²) in [4.78, 5) is 8.71. The summed E-state index contributed by atoms with van der Waals surface area (Å²) >= 11 is 0. The van der Waals surface area contributed by atoms with Gasteiger partial charge >= 0.3 is 0 Å². The molecule has 0 spiro atoms. The van der Waals surface area contributed by atoms with Crippen LogP contribution in [0.2, 0.25) is 0 Å². The van der Waals surface area contributed by atoms with Crippen molar-refractivity contribution in [2.45, 2.75) is 32.2 Å². The fourth-order valence-electron chi connectivity index (χ4n) is 2.56. The Morgan fingerprint density at radius 3 is 2.91 bits per heavy atom. The number of pyridine rings is 1. The van der Waals surface area contributed by atoms with Gasteiger partial charge in [0.2, 0.25) is 5.95 Å². The second-order valence-corrected chi connectivity index (χ2v) is 5.38. The molecule has 2 rings (SSSR count). The highest BCUT2D eigenvalue weighted by molar-refractivity contribution is 5.73. The molecule has 0 fully saturated rings. The Balaban J connectivity index is 2.08. The third-order valence-corrected chi connectivity index (χ3v) is 3.69. The Morgan fingerprint density at radius 1 is 1.43 bits per heavy atom. The summed E-state index contributed by atoms with van der Waals surface area (Å²) in [5, 5.41) is 3.46. The number of imidazole rings is 1. The van der Waals surface area contributed by atoms with Gasteiger partial charge in [0.1, 0.15) is 5.52 Å². The minimum atomic E-state index is -0.128. The molecule has 2 aromatic heterocycles. The van der Waals surface area contributed by atoms with Crippen molar-refractivity contribution in [1.29, 1.82) is 0 Å². The summed E-state index contributed by atoms with van der Waals surface area (Å²) in [6.45, 7) is 8.96. The summed E-state index contributed by atoms with van der Waals surface area (Å²) in [7, 11) is 1.65. The van der Waals surface area contributed by atoms with Gasteiger partial charge in [0.15, 0.2) is 5.65 Å². The van der Waals surface area contributed by atoms with E-state index >= 15 is 0 Å². The number of ether oxygens (including phenoxy) is 2. The molecule has 0 saturated carbocycles. The van der Waals surface area contributed by atoms with E-state index in [1.165, 1.54) is 0 Å². The van der Waals surface area contributed by atoms with Crippen molar-refractivity contribution in [2.24, 2.45) is 0 Å². The minimum Gasteiger partial charge on any atom is -0.382 e. The first-order valence-electron chi connectivity index (χ1n) is 7.66. The van der Waals surface area contributed by atoms with Crippen LogP contribution in [-0.2, 0) is 9.47 Å². The molecule has 0 bridgehead atoms. The molecule has 0 amide bonds. The molecule has 3 N–H and O–H groups in total. The maximum absolute atomic E-state index is 6.04. The Hall–Kier alpha value is -1.96. The van der Waals surface area contributed by atoms with E-state index in [0.29, 0.717) is 19.2 Å². The van der Waals surface area contributed by atoms with Gasteiger partial charge in [-0.25, -0.2) is 9.97 Å². The quantitative estimate of drug-likeness (QED) is 0.540. The van der Waals surface area contributed by atoms with Gasteiger partial charge in [0.05, 0.1) is 25.5 Å². The van der Waals surface area contributed by atoms with Crippen LogP contribution in [0.3, 0.4) is 0 Å². The third kappa shape index (κ3) is 4.07. The van der Waals surface area contributed by atoms with Crippen molar-refractivity contribution in [3.05, 3.63) is 31.0 Å². The predicted octanol–water partition coefficient (Wildman–Crippen LogP) is 1.73. The summed E-state index contributed by atoms with van der Waals surface area (Å²) in [5.41, 5.74) is 7.58. The third-order valence-electron chi connectivity index (χ3n) is 3.69. The fraction of sp³-hybridized carbons (Fsp3) is 0.500. The molecule has 3 unspecified atom stereocenters. The van der Waals surface area contributed by atoms with E-state index in [4.69, 9.17) is 15.2 Å². The van der Waals surface area contributed by atoms with Gasteiger partial charge < -0.3 is 15.2 Å². The summed E-state index contributed by atoms with van der Waals surface area (Å²) in [6.07, 6.45) is 3.31. The molecule has 2 aromatic rings. The fourth-order valence-corrected chi connectivity index (χ4v) is 2.56. The number of hydrogen-bond donors (Lipinski definition) is 2. The standard InChI is InChI=1S/C16H25N5O2/c1-5-14(23-10-9-22-4)11(2)19-12(3)21-15-13(20-16(21)17)7-6-8-18-15/h5-8,11-12,14,19H,1,9-10H2,2-4H3,(H2,17,20). The summed E-state index contributed by atoms with van der Waals surface area (Å²) in [6, 6.07) is 3.78. The average molecular weight is 319 g/mol. The van der Waals surface area contributed by atoms with Gasteiger partial charge in [-0.15, -0.1) is 6.58 Å². The monoisotopic (exact) mass is 319 g/mol. The van der Waals surface area contributed by atoms with Crippen LogP contribution in [0.4, 0.5) is 5.95 Å². The Morgan fingerprint density at radius 2 is 2.22 bits per heavy atom. The van der Waals surface area contributed by atoms with Crippen molar-refractivity contribution in [3.8, 4) is 0 Å². The highest BCUT2D eigenvalue weighted by Gasteiger charge is 2.20. The molecular formula is C16H25N5O2. The Labute approximate surface area is 136 Å². The molecule has 23 heavy (non-hydrogen) atoms. The van der Waals surface area contributed by atoms with E-state index in [9.17, 15) is 0 Å². The first-order valence-corrected chi connectivity index (χ1v) is 7.66. The molecule has 3 atom stereocenters. The number of nitrogen functional groups attached to an aromatic ring is 1. The van der Waals surface area contributed by atoms with Crippen molar-refractivity contribution in [3.63, 3.8) is 0 Å². The van der Waals surface area contributed by atoms with Gasteiger partial charge in [-0.05, 0) is 26.0 Å². The maximum Gasteiger partial charge on any atom is 0.203 e. The van der Waals surface area contributed by atoms with Crippen molar-refractivity contribution >= 4 is 17.1 Å². The minimum absolute atomic E-state index is 0.0416. The summed E-state index contributed by atoms with van der Waals surface area (Å²) in [5.74, 6) is 0.432. The molecule has 0 saturated heterocycles. The lowest BCUT2D eigenvalue weighted by atomic mass is 10.2. The Kier molecular flexibility index (Phi) is 6.09. The van der Waals surface area contributed by atoms with Crippen LogP contribution >= 0.6 is 0 Å². The van der Waals surface area contributed by atoms with Crippen LogP contribution in [0, 0.1) is 0 Å². The first kappa shape index (κ1) is 17.4. The van der Waals surface area contributed by atoms with Crippen LogP contribution in [0.5, 0.6) is 0 Å². The van der Waals surface area contributed by atoms with Crippen LogP contribution in [0.15, 0.2) is 31.0 Å². The molecule has 126 valence electrons. The maximum atomic E-state index is 6.04. The lowest BCUT2D eigenvalue weighted by Crippen LogP contribution is -2.41. The molecule has 7 nitrogen and oxygen atoms in total. The smallest absolute Gasteiger partial charge is 0.203 e. The second-order valence-electron chi connectivity index (χ2n) is 5.38. The molecule has 0 aromatic carbocycles. The van der Waals surface area contributed by atoms with Crippen molar-refractivity contribution in [2.75, 3.05) is 26.1 Å². The normalized spacial score (nSPS) is 15.4. The van der Waals surface area contributed by atoms with E-state index in [0.717, 1.165) is 11.2 Å². The first-order chi connectivity index (χ1) is 11.1. The number of methoxy groups -OCH3 is 1. The molecule has 0 aliphatic heterocycles. The highest BCUT2D eigenvalue weighted by atomic mass is 16.5. The van der Waals surface area contributed by atoms with Gasteiger partial charge in [0.25, 0.3) is 0 Å². The van der Waals surface area contributed by atoms with E-state index in [2.05, 4.69) is 21.9 Å². The number of fused-ring (bicyclic) bond motifs is 1. The molecule has 0 aliphatic carbocycles. The molecular weight excluding hydrogens is 294 g/mol. The van der Waals surface area contributed by atoms with Crippen LogP contribution in [0.25, 0.3) is 11.2 Å². The molecule has 7 heteroatoms. The van der Waals surface area contributed by atoms with E-state index < -0.39 is 0 Å². The largest absolute Gasteiger partial charge is 0.382 e. The lowest BCUT2D eigenvalue weighted by Gasteiger charge is -2.27. The molecule has 2 heterocycles. The highest BCUT2D eigenvalue weighted by Crippen LogP contribution is 2.20. The number of nitrogens with two attached hydrogens (primary N) is 1. The number of nitrogens with one attached hydrogen (secondary N) is 1. The van der Waals surface area contributed by atoms with Crippen LogP contribution in [0.1, 0.15) is 20.0 Å².